The third-order valence-electron chi connectivity index (χ3n) is 1.82. The molecule has 0 bridgehead atoms. The van der Waals surface area contributed by atoms with Crippen molar-refractivity contribution in [1.82, 2.24) is 0 Å². The minimum absolute atomic E-state index is 0.0764. The van der Waals surface area contributed by atoms with Crippen LogP contribution in [-0.4, -0.2) is 12.5 Å². The van der Waals surface area contributed by atoms with Crippen molar-refractivity contribution in [2.75, 3.05) is 0 Å². The zero-order valence-corrected chi connectivity index (χ0v) is 7.51. The predicted molar refractivity (Wildman–Crippen MR) is 44.2 cm³/mol. The number of carbonyl (C=O) groups is 1. The zero-order chi connectivity index (χ0) is 8.85. The minimum Gasteiger partial charge on any atom is -0.303 e. The molecule has 2 heteroatoms. The lowest BCUT2D eigenvalue weighted by Crippen LogP contribution is -2.15. The van der Waals surface area contributed by atoms with Crippen molar-refractivity contribution in [2.24, 2.45) is 11.8 Å². The van der Waals surface area contributed by atoms with Gasteiger partial charge in [-0.05, 0) is 25.2 Å². The predicted octanol–water partition coefficient (Wildman–Crippen LogP) is 2.60. The summed E-state index contributed by atoms with van der Waals surface area (Å²) < 4.78 is 12.8. The van der Waals surface area contributed by atoms with Crippen LogP contribution in [0.3, 0.4) is 0 Å². The Morgan fingerprint density at radius 3 is 2.18 bits per heavy atom. The first-order valence-corrected chi connectivity index (χ1v) is 4.15. The molecule has 0 heterocycles. The zero-order valence-electron chi connectivity index (χ0n) is 7.51. The van der Waals surface area contributed by atoms with Crippen molar-refractivity contribution in [3.05, 3.63) is 0 Å². The Morgan fingerprint density at radius 2 is 1.91 bits per heavy atom. The van der Waals surface area contributed by atoms with Gasteiger partial charge in [-0.1, -0.05) is 13.8 Å². The van der Waals surface area contributed by atoms with Crippen LogP contribution in [0, 0.1) is 11.8 Å². The summed E-state index contributed by atoms with van der Waals surface area (Å²) in [5.41, 5.74) is 0. The molecule has 11 heavy (non-hydrogen) atoms. The Morgan fingerprint density at radius 1 is 1.36 bits per heavy atom. The van der Waals surface area contributed by atoms with E-state index in [-0.39, 0.29) is 5.92 Å². The molecular weight excluding hydrogens is 143 g/mol. The number of hydrogen-bond acceptors (Lipinski definition) is 1. The second-order valence-electron chi connectivity index (χ2n) is 3.47. The molecule has 0 saturated carbocycles. The highest BCUT2D eigenvalue weighted by atomic mass is 19.1. The monoisotopic (exact) mass is 160 g/mol. The Labute approximate surface area is 68.0 Å². The molecule has 0 spiro atoms. The van der Waals surface area contributed by atoms with Gasteiger partial charge in [-0.15, -0.1) is 0 Å². The molecule has 2 unspecified atom stereocenters. The van der Waals surface area contributed by atoms with Crippen LogP contribution in [0.2, 0.25) is 0 Å². The topological polar surface area (TPSA) is 17.1 Å². The van der Waals surface area contributed by atoms with Crippen molar-refractivity contribution in [3.8, 4) is 0 Å². The van der Waals surface area contributed by atoms with Gasteiger partial charge in [0.05, 0.1) is 0 Å². The first-order valence-electron chi connectivity index (χ1n) is 4.15. The smallest absolute Gasteiger partial charge is 0.120 e. The van der Waals surface area contributed by atoms with Gasteiger partial charge >= 0.3 is 0 Å². The van der Waals surface area contributed by atoms with Crippen LogP contribution < -0.4 is 0 Å². The lowest BCUT2D eigenvalue weighted by Gasteiger charge is -2.17. The van der Waals surface area contributed by atoms with Gasteiger partial charge in [0.15, 0.2) is 0 Å². The summed E-state index contributed by atoms with van der Waals surface area (Å²) in [7, 11) is 0. The van der Waals surface area contributed by atoms with Crippen molar-refractivity contribution >= 4 is 6.29 Å². The van der Waals surface area contributed by atoms with Crippen molar-refractivity contribution in [2.45, 2.75) is 39.8 Å². The molecule has 1 nitrogen and oxygen atoms in total. The van der Waals surface area contributed by atoms with Crippen LogP contribution in [0.25, 0.3) is 0 Å². The van der Waals surface area contributed by atoms with Crippen molar-refractivity contribution in [3.63, 3.8) is 0 Å². The molecule has 0 aromatic carbocycles. The lowest BCUT2D eigenvalue weighted by molar-refractivity contribution is -0.109. The lowest BCUT2D eigenvalue weighted by atomic mass is 9.91. The number of halogens is 1. The molecule has 0 N–H and O–H groups in total. The molecule has 0 saturated heterocycles. The Bertz CT molecular complexity index is 110. The first-order chi connectivity index (χ1) is 5.07. The normalized spacial score (nSPS) is 16.5. The van der Waals surface area contributed by atoms with Gasteiger partial charge in [0.2, 0.25) is 0 Å². The highest BCUT2D eigenvalue weighted by Gasteiger charge is 2.16. The van der Waals surface area contributed by atoms with Gasteiger partial charge < -0.3 is 4.79 Å². The van der Waals surface area contributed by atoms with Gasteiger partial charge in [-0.3, -0.25) is 0 Å². The second-order valence-corrected chi connectivity index (χ2v) is 3.47. The largest absolute Gasteiger partial charge is 0.303 e. The summed E-state index contributed by atoms with van der Waals surface area (Å²) in [5, 5.41) is 0. The second kappa shape index (κ2) is 5.28. The fourth-order valence-electron chi connectivity index (χ4n) is 1.20. The molecular formula is C9H17FO. The van der Waals surface area contributed by atoms with E-state index in [9.17, 15) is 9.18 Å². The molecule has 0 aromatic rings. The Kier molecular flexibility index (Phi) is 5.08. The fraction of sp³-hybridized carbons (Fsp3) is 0.889. The molecule has 0 rings (SSSR count). The van der Waals surface area contributed by atoms with Crippen LogP contribution in [-0.2, 0) is 4.79 Å². The van der Waals surface area contributed by atoms with Crippen molar-refractivity contribution in [1.29, 1.82) is 0 Å². The van der Waals surface area contributed by atoms with E-state index >= 15 is 0 Å². The minimum atomic E-state index is -0.859. The van der Waals surface area contributed by atoms with Crippen LogP contribution in [0.1, 0.15) is 33.6 Å². The van der Waals surface area contributed by atoms with Crippen LogP contribution in [0.4, 0.5) is 4.39 Å². The van der Waals surface area contributed by atoms with E-state index in [4.69, 9.17) is 0 Å². The highest BCUT2D eigenvalue weighted by Crippen LogP contribution is 2.20. The van der Waals surface area contributed by atoms with E-state index in [0.29, 0.717) is 12.3 Å². The Hall–Kier alpha value is -0.400. The molecule has 0 aliphatic carbocycles. The average Bonchev–Trinajstić information content (AvgIpc) is 1.86. The van der Waals surface area contributed by atoms with Gasteiger partial charge in [0, 0.05) is 6.42 Å². The van der Waals surface area contributed by atoms with E-state index in [1.54, 1.807) is 0 Å². The molecule has 66 valence electrons. The summed E-state index contributed by atoms with van der Waals surface area (Å²) in [6.45, 7) is 5.61. The quantitative estimate of drug-likeness (QED) is 0.565. The summed E-state index contributed by atoms with van der Waals surface area (Å²) in [6.07, 6.45) is 1.11. The van der Waals surface area contributed by atoms with E-state index in [2.05, 4.69) is 0 Å². The molecule has 0 aliphatic heterocycles. The van der Waals surface area contributed by atoms with Crippen molar-refractivity contribution < 1.29 is 9.18 Å². The van der Waals surface area contributed by atoms with Crippen LogP contribution in [0.5, 0.6) is 0 Å². The van der Waals surface area contributed by atoms with Crippen LogP contribution in [0.15, 0.2) is 0 Å². The number of aldehydes is 1. The Balaban J connectivity index is 3.78. The molecule has 2 atom stereocenters. The molecule has 0 amide bonds. The maximum absolute atomic E-state index is 12.8. The third-order valence-corrected chi connectivity index (χ3v) is 1.82. The van der Waals surface area contributed by atoms with Gasteiger partial charge in [0.1, 0.15) is 12.5 Å². The number of carbonyl (C=O) groups excluding carboxylic acids is 1. The number of rotatable bonds is 5. The maximum Gasteiger partial charge on any atom is 0.120 e. The van der Waals surface area contributed by atoms with E-state index in [1.165, 1.54) is 6.92 Å². The van der Waals surface area contributed by atoms with Crippen LogP contribution >= 0.6 is 0 Å². The molecule has 0 fully saturated rings. The number of hydrogen-bond donors (Lipinski definition) is 0. The standard InChI is InChI=1S/C9H17FO/c1-7(2)6-9(4-5-11)8(3)10/h5,7-9H,4,6H2,1-3H3. The van der Waals surface area contributed by atoms with E-state index in [0.717, 1.165) is 12.7 Å². The van der Waals surface area contributed by atoms with E-state index in [1.807, 2.05) is 13.8 Å². The summed E-state index contributed by atoms with van der Waals surface area (Å²) in [5.74, 6) is 0.394. The fourth-order valence-corrected chi connectivity index (χ4v) is 1.20. The van der Waals surface area contributed by atoms with E-state index < -0.39 is 6.17 Å². The van der Waals surface area contributed by atoms with Gasteiger partial charge in [0.25, 0.3) is 0 Å². The number of alkyl halides is 1. The average molecular weight is 160 g/mol. The molecule has 0 aromatic heterocycles. The van der Waals surface area contributed by atoms with Gasteiger partial charge in [-0.25, -0.2) is 4.39 Å². The summed E-state index contributed by atoms with van der Waals surface area (Å²) in [4.78, 5) is 10.1. The molecule has 0 aliphatic rings. The maximum atomic E-state index is 12.8. The third kappa shape index (κ3) is 4.93. The summed E-state index contributed by atoms with van der Waals surface area (Å²) in [6, 6.07) is 0. The SMILES string of the molecule is CC(C)CC(CC=O)C(C)F. The molecule has 0 radical (unpaired) electrons. The van der Waals surface area contributed by atoms with Gasteiger partial charge in [-0.2, -0.15) is 0 Å². The highest BCUT2D eigenvalue weighted by molar-refractivity contribution is 5.49. The first kappa shape index (κ1) is 10.6. The summed E-state index contributed by atoms with van der Waals surface area (Å²) >= 11 is 0.